The molecule has 1 aromatic carbocycles. The lowest BCUT2D eigenvalue weighted by Gasteiger charge is -2.15. The Morgan fingerprint density at radius 1 is 1.24 bits per heavy atom. The summed E-state index contributed by atoms with van der Waals surface area (Å²) in [7, 11) is 0.550. The van der Waals surface area contributed by atoms with Crippen LogP contribution in [0.25, 0.3) is 11.2 Å². The van der Waals surface area contributed by atoms with E-state index in [9.17, 15) is 14.4 Å². The number of aromatic nitrogens is 4. The fourth-order valence-electron chi connectivity index (χ4n) is 3.54. The number of fused-ring (bicyclic) bond motifs is 1. The summed E-state index contributed by atoms with van der Waals surface area (Å²) < 4.78 is 32.6. The number of anilines is 1. The third-order valence-corrected chi connectivity index (χ3v) is 5.94. The van der Waals surface area contributed by atoms with Crippen LogP contribution in [0.2, 0.25) is 0 Å². The summed E-state index contributed by atoms with van der Waals surface area (Å²) in [4.78, 5) is 48.8. The van der Waals surface area contributed by atoms with Crippen LogP contribution < -0.4 is 10.6 Å². The van der Waals surface area contributed by atoms with E-state index in [0.29, 0.717) is 22.3 Å². The summed E-state index contributed by atoms with van der Waals surface area (Å²) in [6, 6.07) is 6.55. The Morgan fingerprint density at radius 2 is 2.08 bits per heavy atom. The van der Waals surface area contributed by atoms with Gasteiger partial charge >= 0.3 is 5.97 Å². The molecule has 38 heavy (non-hydrogen) atoms. The lowest BCUT2D eigenvalue weighted by atomic mass is 10.1. The largest absolute Gasteiger partial charge is 0.461 e. The van der Waals surface area contributed by atoms with Gasteiger partial charge in [0, 0.05) is 19.0 Å². The Hall–Kier alpha value is -3.75. The summed E-state index contributed by atoms with van der Waals surface area (Å²) in [5.74, 6) is -0.888. The zero-order valence-corrected chi connectivity index (χ0v) is 21.3. The summed E-state index contributed by atoms with van der Waals surface area (Å²) >= 11 is 1.06. The molecule has 14 heteroatoms. The number of benzene rings is 1. The molecule has 3 heterocycles. The fraction of sp³-hybridized carbons (Fsp3) is 0.333. The van der Waals surface area contributed by atoms with Crippen LogP contribution >= 0.6 is 12.0 Å². The van der Waals surface area contributed by atoms with Crippen molar-refractivity contribution in [1.82, 2.24) is 24.8 Å². The molecule has 0 saturated carbocycles. The van der Waals surface area contributed by atoms with Gasteiger partial charge in [-0.25, -0.2) is 15.0 Å². The second kappa shape index (κ2) is 13.2. The molecule has 1 aliphatic rings. The topological polar surface area (TPSA) is 147 Å². The molecule has 0 spiro atoms. The molecular weight excluding hydrogens is 511 g/mol. The molecule has 198 valence electrons. The number of esters is 1. The van der Waals surface area contributed by atoms with Crippen molar-refractivity contribution in [1.29, 1.82) is 2.67 Å². The Morgan fingerprint density at radius 3 is 2.87 bits per heavy atom. The molecule has 12 nitrogen and oxygen atoms in total. The third-order valence-electron chi connectivity index (χ3n) is 5.50. The normalized spacial score (nSPS) is 17.1. The molecule has 2 N–H and O–H groups in total. The maximum absolute atomic E-state index is 12.9. The third kappa shape index (κ3) is 6.97. The van der Waals surface area contributed by atoms with Gasteiger partial charge in [-0.2, -0.15) is 0 Å². The molecule has 1 aliphatic heterocycles. The molecule has 0 unspecified atom stereocenters. The van der Waals surface area contributed by atoms with Crippen molar-refractivity contribution in [2.24, 2.45) is 0 Å². The molecule has 3 aromatic rings. The van der Waals surface area contributed by atoms with Gasteiger partial charge in [0.1, 0.15) is 26.8 Å². The Kier molecular flexibility index (Phi) is 8.52. The van der Waals surface area contributed by atoms with Crippen molar-refractivity contribution in [3.8, 4) is 0 Å². The molecule has 0 bridgehead atoms. The predicted molar refractivity (Wildman–Crippen MR) is 143 cm³/mol. The molecule has 0 saturated heterocycles. The average molecular weight is 541 g/mol. The van der Waals surface area contributed by atoms with Gasteiger partial charge in [0.15, 0.2) is 23.2 Å². The monoisotopic (exact) mass is 541 g/mol. The number of carbonyl (C=O) groups is 3. The maximum atomic E-state index is 12.9. The zero-order valence-electron chi connectivity index (χ0n) is 22.5. The number of ether oxygens (including phenoxy) is 2. The predicted octanol–water partition coefficient (Wildman–Crippen LogP) is 1.36. The first-order valence-corrected chi connectivity index (χ1v) is 12.6. The standard InChI is InChI=1S/C24H27BN6O6S/c1-26-18(32)7-9-20(33)35-10-15-2-4-16(5-3-15)24(34)30-22-21-23(28-13-27-22)31(14-29-21)19-8-6-17(37-19)11-36-38-12-25/h2-6,8,13-14,17,19H,7,9-12,25H2,1H3,(H,26,32)(H,27,28,30,34)/t17-,19+/m0/s1/i25TD. The van der Waals surface area contributed by atoms with E-state index in [2.05, 4.69) is 25.6 Å². The summed E-state index contributed by atoms with van der Waals surface area (Å²) in [5.41, 5.74) is 2.16. The van der Waals surface area contributed by atoms with Crippen molar-refractivity contribution in [3.63, 3.8) is 0 Å². The van der Waals surface area contributed by atoms with Crippen molar-refractivity contribution < 1.29 is 28.0 Å². The van der Waals surface area contributed by atoms with E-state index in [1.165, 1.54) is 13.4 Å². The van der Waals surface area contributed by atoms with Crippen LogP contribution in [0.1, 0.15) is 35.0 Å². The first-order valence-electron chi connectivity index (χ1n) is 12.9. The molecule has 0 radical (unpaired) electrons. The SMILES string of the molecule is [2H]B([3H])CSOC[C@@H]1C=C[C@H](n2cnc3c(NC(=O)c4ccc(COC(=O)CCC(=O)NC)cc4)ncnc32)O1. The van der Waals surface area contributed by atoms with E-state index in [-0.39, 0.29) is 49.5 Å². The van der Waals surface area contributed by atoms with Crippen LogP contribution in [-0.4, -0.2) is 73.2 Å². The summed E-state index contributed by atoms with van der Waals surface area (Å²) in [6.45, 7) is 0.297. The number of nitrogens with zero attached hydrogens (tertiary/aromatic N) is 4. The van der Waals surface area contributed by atoms with Crippen molar-refractivity contribution in [2.75, 3.05) is 24.6 Å². The van der Waals surface area contributed by atoms with E-state index in [4.69, 9.17) is 16.3 Å². The molecule has 4 rings (SSSR count). The number of hydrogen-bond donors (Lipinski definition) is 2. The van der Waals surface area contributed by atoms with Crippen molar-refractivity contribution in [2.45, 2.75) is 31.8 Å². The van der Waals surface area contributed by atoms with Crippen LogP contribution in [0.3, 0.4) is 0 Å². The van der Waals surface area contributed by atoms with E-state index >= 15 is 0 Å². The van der Waals surface area contributed by atoms with Crippen LogP contribution in [0.5, 0.6) is 0 Å². The van der Waals surface area contributed by atoms with Gasteiger partial charge in [0.05, 0.1) is 19.4 Å². The second-order valence-electron chi connectivity index (χ2n) is 8.05. The van der Waals surface area contributed by atoms with Gasteiger partial charge in [-0.05, 0) is 44.1 Å². The minimum absolute atomic E-state index is 0.0122. The second-order valence-corrected chi connectivity index (χ2v) is 8.86. The average Bonchev–Trinajstić information content (AvgIpc) is 3.60. The quantitative estimate of drug-likeness (QED) is 0.107. The highest BCUT2D eigenvalue weighted by Gasteiger charge is 2.24. The Balaban J connectivity index is 1.32. The molecule has 2 aromatic heterocycles. The Labute approximate surface area is 226 Å². The maximum Gasteiger partial charge on any atom is 0.306 e. The van der Waals surface area contributed by atoms with E-state index in [0.717, 1.165) is 12.0 Å². The highest BCUT2D eigenvalue weighted by molar-refractivity contribution is 7.95. The number of rotatable bonds is 13. The van der Waals surface area contributed by atoms with Gasteiger partial charge in [-0.1, -0.05) is 18.2 Å². The minimum atomic E-state index is -0.951. The number of imidazole rings is 1. The zero-order chi connectivity index (χ0) is 28.5. The smallest absolute Gasteiger partial charge is 0.306 e. The van der Waals surface area contributed by atoms with Crippen LogP contribution in [0.4, 0.5) is 5.82 Å². The number of hydrogen-bond acceptors (Lipinski definition) is 10. The lowest BCUT2D eigenvalue weighted by molar-refractivity contribution is -0.146. The first-order chi connectivity index (χ1) is 19.3. The van der Waals surface area contributed by atoms with Crippen LogP contribution in [0.15, 0.2) is 49.1 Å². The number of carbonyl (C=O) groups excluding carboxylic acids is 3. The molecule has 0 fully saturated rings. The van der Waals surface area contributed by atoms with Crippen LogP contribution in [0, 0.1) is 0 Å². The first kappa shape index (κ1) is 24.6. The van der Waals surface area contributed by atoms with Crippen molar-refractivity contribution >= 4 is 54.6 Å². The number of amides is 2. The molecule has 2 atom stereocenters. The van der Waals surface area contributed by atoms with E-state index < -0.39 is 25.9 Å². The molecular formula is C24H27BN6O6S. The summed E-state index contributed by atoms with van der Waals surface area (Å²) in [6.07, 6.45) is 5.84. The van der Waals surface area contributed by atoms with Gasteiger partial charge in [-0.3, -0.25) is 19.0 Å². The van der Waals surface area contributed by atoms with Gasteiger partial charge in [0.25, 0.3) is 5.91 Å². The molecule has 2 amide bonds. The molecule has 0 aliphatic carbocycles. The fourth-order valence-corrected chi connectivity index (χ4v) is 3.87. The lowest BCUT2D eigenvalue weighted by Crippen LogP contribution is -2.19. The van der Waals surface area contributed by atoms with Crippen molar-refractivity contribution in [3.05, 3.63) is 60.2 Å². The van der Waals surface area contributed by atoms with E-state index in [1.807, 2.05) is 12.2 Å². The van der Waals surface area contributed by atoms with Gasteiger partial charge in [-0.15, -0.1) is 0 Å². The van der Waals surface area contributed by atoms with E-state index in [1.54, 1.807) is 35.2 Å². The minimum Gasteiger partial charge on any atom is -0.461 e. The number of nitrogens with one attached hydrogen (secondary N) is 2. The highest BCUT2D eigenvalue weighted by atomic mass is 32.2. The van der Waals surface area contributed by atoms with Gasteiger partial charge in [0.2, 0.25) is 5.91 Å². The highest BCUT2D eigenvalue weighted by Crippen LogP contribution is 2.27. The summed E-state index contributed by atoms with van der Waals surface area (Å²) in [5, 5.41) is 5.20. The van der Waals surface area contributed by atoms with Gasteiger partial charge < -0.3 is 24.3 Å². The Bertz CT molecular complexity index is 1380. The van der Waals surface area contributed by atoms with Crippen LogP contribution in [-0.2, 0) is 29.9 Å².